The number of benzene rings is 1. The lowest BCUT2D eigenvalue weighted by Gasteiger charge is -2.17. The molecule has 0 atom stereocenters. The van der Waals surface area contributed by atoms with Gasteiger partial charge in [0.15, 0.2) is 0 Å². The van der Waals surface area contributed by atoms with E-state index >= 15 is 0 Å². The molecule has 0 fully saturated rings. The first-order valence-electron chi connectivity index (χ1n) is 7.10. The van der Waals surface area contributed by atoms with E-state index in [0.717, 1.165) is 24.0 Å². The van der Waals surface area contributed by atoms with Gasteiger partial charge in [-0.15, -0.1) is 0 Å². The molecule has 0 radical (unpaired) electrons. The van der Waals surface area contributed by atoms with Gasteiger partial charge in [-0.05, 0) is 24.1 Å². The minimum atomic E-state index is 0.0847. The summed E-state index contributed by atoms with van der Waals surface area (Å²) >= 11 is 0. The van der Waals surface area contributed by atoms with Gasteiger partial charge in [0.25, 0.3) is 0 Å². The van der Waals surface area contributed by atoms with Crippen LogP contribution in [0.5, 0.6) is 0 Å². The fourth-order valence-corrected chi connectivity index (χ4v) is 1.85. The standard InChI is InChI=1S/C17H23NO2/c1-3-4-11-17(20)18(2)14-16-10-7-9-15(13-16)8-5-6-12-19/h7,9-10,13,19H,3-4,6,11-12,14H2,1-2H3. The van der Waals surface area contributed by atoms with E-state index in [0.29, 0.717) is 19.4 Å². The smallest absolute Gasteiger partial charge is 0.222 e. The molecule has 1 N–H and O–H groups in total. The summed E-state index contributed by atoms with van der Waals surface area (Å²) < 4.78 is 0. The molecule has 3 heteroatoms. The van der Waals surface area contributed by atoms with Gasteiger partial charge < -0.3 is 10.0 Å². The highest BCUT2D eigenvalue weighted by Gasteiger charge is 2.08. The third-order valence-electron chi connectivity index (χ3n) is 2.99. The molecule has 0 aliphatic rings. The zero-order valence-corrected chi connectivity index (χ0v) is 12.4. The Labute approximate surface area is 121 Å². The topological polar surface area (TPSA) is 40.5 Å². The van der Waals surface area contributed by atoms with Crippen molar-refractivity contribution in [1.29, 1.82) is 0 Å². The zero-order chi connectivity index (χ0) is 14.8. The van der Waals surface area contributed by atoms with E-state index in [1.54, 1.807) is 4.90 Å². The average Bonchev–Trinajstić information content (AvgIpc) is 2.45. The molecule has 108 valence electrons. The SMILES string of the molecule is CCCCC(=O)N(C)Cc1cccc(C#CCCO)c1. The summed E-state index contributed by atoms with van der Waals surface area (Å²) in [6.45, 7) is 2.78. The third kappa shape index (κ3) is 5.90. The summed E-state index contributed by atoms with van der Waals surface area (Å²) in [6, 6.07) is 7.88. The van der Waals surface area contributed by atoms with Gasteiger partial charge in [0.2, 0.25) is 5.91 Å². The molecule has 1 rings (SSSR count). The molecule has 0 aliphatic heterocycles. The minimum Gasteiger partial charge on any atom is -0.395 e. The van der Waals surface area contributed by atoms with Gasteiger partial charge in [0, 0.05) is 32.0 Å². The second-order valence-electron chi connectivity index (χ2n) is 4.83. The van der Waals surface area contributed by atoms with Crippen LogP contribution in [0.25, 0.3) is 0 Å². The molecule has 0 unspecified atom stereocenters. The lowest BCUT2D eigenvalue weighted by atomic mass is 10.1. The van der Waals surface area contributed by atoms with Crippen LogP contribution in [0.1, 0.15) is 43.7 Å². The molecule has 3 nitrogen and oxygen atoms in total. The number of aliphatic hydroxyl groups is 1. The summed E-state index contributed by atoms with van der Waals surface area (Å²) in [4.78, 5) is 13.6. The van der Waals surface area contributed by atoms with Crippen molar-refractivity contribution in [3.8, 4) is 11.8 Å². The Bertz CT molecular complexity index is 485. The molecule has 0 heterocycles. The fraction of sp³-hybridized carbons (Fsp3) is 0.471. The molecule has 1 aromatic rings. The van der Waals surface area contributed by atoms with Gasteiger partial charge in [-0.1, -0.05) is 37.3 Å². The van der Waals surface area contributed by atoms with Gasteiger partial charge >= 0.3 is 0 Å². The fourth-order valence-electron chi connectivity index (χ4n) is 1.85. The van der Waals surface area contributed by atoms with Crippen LogP contribution in [-0.2, 0) is 11.3 Å². The van der Waals surface area contributed by atoms with Crippen LogP contribution < -0.4 is 0 Å². The molecule has 1 amide bonds. The first-order valence-corrected chi connectivity index (χ1v) is 7.10. The van der Waals surface area contributed by atoms with Crippen LogP contribution in [-0.4, -0.2) is 29.6 Å². The molecular weight excluding hydrogens is 250 g/mol. The number of hydrogen-bond donors (Lipinski definition) is 1. The van der Waals surface area contributed by atoms with Gasteiger partial charge in [-0.25, -0.2) is 0 Å². The molecule has 0 saturated carbocycles. The van der Waals surface area contributed by atoms with Crippen LogP contribution >= 0.6 is 0 Å². The summed E-state index contributed by atoms with van der Waals surface area (Å²) in [5.74, 6) is 6.10. The molecule has 0 spiro atoms. The molecule has 0 saturated heterocycles. The molecule has 1 aromatic carbocycles. The van der Waals surface area contributed by atoms with E-state index in [-0.39, 0.29) is 12.5 Å². The van der Waals surface area contributed by atoms with Crippen molar-refractivity contribution in [3.05, 3.63) is 35.4 Å². The number of carbonyl (C=O) groups is 1. The zero-order valence-electron chi connectivity index (χ0n) is 12.4. The number of hydrogen-bond acceptors (Lipinski definition) is 2. The second-order valence-corrected chi connectivity index (χ2v) is 4.83. The Kier molecular flexibility index (Phi) is 7.46. The maximum Gasteiger partial charge on any atom is 0.222 e. The van der Waals surface area contributed by atoms with E-state index in [4.69, 9.17) is 5.11 Å². The average molecular weight is 273 g/mol. The van der Waals surface area contributed by atoms with Crippen molar-refractivity contribution < 1.29 is 9.90 Å². The molecular formula is C17H23NO2. The largest absolute Gasteiger partial charge is 0.395 e. The summed E-state index contributed by atoms with van der Waals surface area (Å²) in [7, 11) is 1.84. The van der Waals surface area contributed by atoms with Gasteiger partial charge in [0.1, 0.15) is 0 Å². The van der Waals surface area contributed by atoms with E-state index < -0.39 is 0 Å². The predicted molar refractivity (Wildman–Crippen MR) is 81.0 cm³/mol. The first-order chi connectivity index (χ1) is 9.67. The molecule has 20 heavy (non-hydrogen) atoms. The molecule has 0 aromatic heterocycles. The lowest BCUT2D eigenvalue weighted by Crippen LogP contribution is -2.25. The minimum absolute atomic E-state index is 0.0847. The Morgan fingerprint density at radius 1 is 1.40 bits per heavy atom. The first kappa shape index (κ1) is 16.3. The normalized spacial score (nSPS) is 9.75. The highest BCUT2D eigenvalue weighted by molar-refractivity contribution is 5.75. The molecule has 0 bridgehead atoms. The number of amides is 1. The molecule has 0 aliphatic carbocycles. The monoisotopic (exact) mass is 273 g/mol. The van der Waals surface area contributed by atoms with Crippen molar-refractivity contribution in [2.24, 2.45) is 0 Å². The maximum absolute atomic E-state index is 11.9. The van der Waals surface area contributed by atoms with Crippen LogP contribution in [0.4, 0.5) is 0 Å². The quantitative estimate of drug-likeness (QED) is 0.809. The Morgan fingerprint density at radius 2 is 2.20 bits per heavy atom. The van der Waals surface area contributed by atoms with Crippen molar-refractivity contribution in [1.82, 2.24) is 4.90 Å². The number of unbranched alkanes of at least 4 members (excludes halogenated alkanes) is 1. The van der Waals surface area contributed by atoms with Crippen LogP contribution in [0.2, 0.25) is 0 Å². The summed E-state index contributed by atoms with van der Waals surface area (Å²) in [5.41, 5.74) is 2.00. The summed E-state index contributed by atoms with van der Waals surface area (Å²) in [6.07, 6.45) is 3.08. The highest BCUT2D eigenvalue weighted by Crippen LogP contribution is 2.08. The van der Waals surface area contributed by atoms with Crippen LogP contribution in [0.15, 0.2) is 24.3 Å². The van der Waals surface area contributed by atoms with E-state index in [1.807, 2.05) is 31.3 Å². The van der Waals surface area contributed by atoms with Crippen molar-refractivity contribution in [2.45, 2.75) is 39.2 Å². The van der Waals surface area contributed by atoms with Gasteiger partial charge in [-0.3, -0.25) is 4.79 Å². The Morgan fingerprint density at radius 3 is 2.90 bits per heavy atom. The Balaban J connectivity index is 2.62. The van der Waals surface area contributed by atoms with Gasteiger partial charge in [0.05, 0.1) is 6.61 Å². The van der Waals surface area contributed by atoms with E-state index in [2.05, 4.69) is 18.8 Å². The number of nitrogens with zero attached hydrogens (tertiary/aromatic N) is 1. The van der Waals surface area contributed by atoms with Crippen molar-refractivity contribution >= 4 is 5.91 Å². The van der Waals surface area contributed by atoms with Crippen LogP contribution in [0.3, 0.4) is 0 Å². The predicted octanol–water partition coefficient (Wildman–Crippen LogP) is 2.57. The highest BCUT2D eigenvalue weighted by atomic mass is 16.2. The number of aliphatic hydroxyl groups excluding tert-OH is 1. The number of carbonyl (C=O) groups excluding carboxylic acids is 1. The Hall–Kier alpha value is -1.79. The third-order valence-corrected chi connectivity index (χ3v) is 2.99. The maximum atomic E-state index is 11.9. The van der Waals surface area contributed by atoms with E-state index in [1.165, 1.54) is 0 Å². The van der Waals surface area contributed by atoms with Crippen molar-refractivity contribution in [3.63, 3.8) is 0 Å². The van der Waals surface area contributed by atoms with Crippen molar-refractivity contribution in [2.75, 3.05) is 13.7 Å². The summed E-state index contributed by atoms with van der Waals surface area (Å²) in [5, 5.41) is 8.70. The van der Waals surface area contributed by atoms with Gasteiger partial charge in [-0.2, -0.15) is 0 Å². The number of rotatable bonds is 6. The lowest BCUT2D eigenvalue weighted by molar-refractivity contribution is -0.130. The van der Waals surface area contributed by atoms with Crippen LogP contribution in [0, 0.1) is 11.8 Å². The second kappa shape index (κ2) is 9.17. The van der Waals surface area contributed by atoms with E-state index in [9.17, 15) is 4.79 Å².